The van der Waals surface area contributed by atoms with E-state index in [1.165, 1.54) is 0 Å². The third-order valence-electron chi connectivity index (χ3n) is 1.86. The lowest BCUT2D eigenvalue weighted by molar-refractivity contribution is -0.275. The SMILES string of the molecule is O=C1SS(=O)(=O)c2c(OC(F)(F)F)cccc21. The smallest absolute Gasteiger partial charge is 0.404 e. The van der Waals surface area contributed by atoms with E-state index in [1.807, 2.05) is 0 Å². The summed E-state index contributed by atoms with van der Waals surface area (Å²) in [6.07, 6.45) is -5.01. The normalized spacial score (nSPS) is 17.9. The van der Waals surface area contributed by atoms with Gasteiger partial charge in [-0.15, -0.1) is 13.2 Å². The van der Waals surface area contributed by atoms with E-state index in [2.05, 4.69) is 4.74 Å². The van der Waals surface area contributed by atoms with E-state index in [0.717, 1.165) is 18.2 Å². The van der Waals surface area contributed by atoms with Gasteiger partial charge in [-0.1, -0.05) is 6.07 Å². The molecule has 1 aliphatic rings. The monoisotopic (exact) mass is 284 g/mol. The van der Waals surface area contributed by atoms with E-state index in [-0.39, 0.29) is 16.4 Å². The topological polar surface area (TPSA) is 60.4 Å². The van der Waals surface area contributed by atoms with Gasteiger partial charge in [0.1, 0.15) is 10.6 Å². The number of hydrogen-bond donors (Lipinski definition) is 0. The molecule has 0 radical (unpaired) electrons. The van der Waals surface area contributed by atoms with Crippen molar-refractivity contribution in [1.82, 2.24) is 0 Å². The third-order valence-corrected chi connectivity index (χ3v) is 4.98. The fourth-order valence-electron chi connectivity index (χ4n) is 1.33. The minimum Gasteiger partial charge on any atom is -0.404 e. The quantitative estimate of drug-likeness (QED) is 0.740. The Morgan fingerprint density at radius 2 is 1.88 bits per heavy atom. The maximum absolute atomic E-state index is 12.1. The number of alkyl halides is 3. The van der Waals surface area contributed by atoms with E-state index >= 15 is 0 Å². The standard InChI is InChI=1S/C8H3F3O4S2/c9-8(10,11)15-5-3-1-2-4-6(5)17(13,14)16-7(4)12/h1-3H. The van der Waals surface area contributed by atoms with Crippen LogP contribution in [0.2, 0.25) is 0 Å². The summed E-state index contributed by atoms with van der Waals surface area (Å²) in [5.74, 6) is -0.881. The molecule has 0 amide bonds. The lowest BCUT2D eigenvalue weighted by atomic mass is 10.2. The number of halogens is 3. The van der Waals surface area contributed by atoms with Gasteiger partial charge in [-0.05, 0) is 12.1 Å². The maximum Gasteiger partial charge on any atom is 0.573 e. The number of rotatable bonds is 1. The second kappa shape index (κ2) is 3.64. The highest BCUT2D eigenvalue weighted by Gasteiger charge is 2.41. The summed E-state index contributed by atoms with van der Waals surface area (Å²) in [5.41, 5.74) is -0.295. The molecule has 0 aliphatic carbocycles. The van der Waals surface area contributed by atoms with Crippen LogP contribution in [0.3, 0.4) is 0 Å². The Morgan fingerprint density at radius 3 is 2.47 bits per heavy atom. The van der Waals surface area contributed by atoms with Crippen LogP contribution in [0.5, 0.6) is 5.75 Å². The van der Waals surface area contributed by atoms with E-state index in [0.29, 0.717) is 0 Å². The molecule has 1 aromatic carbocycles. The second-order valence-corrected chi connectivity index (χ2v) is 6.68. The molecule has 0 bridgehead atoms. The predicted molar refractivity (Wildman–Crippen MR) is 52.2 cm³/mol. The number of carbonyl (C=O) groups excluding carboxylic acids is 1. The molecule has 0 N–H and O–H groups in total. The lowest BCUT2D eigenvalue weighted by Crippen LogP contribution is -2.18. The molecule has 2 rings (SSSR count). The van der Waals surface area contributed by atoms with E-state index in [1.54, 1.807) is 0 Å². The van der Waals surface area contributed by atoms with Crippen molar-refractivity contribution in [3.8, 4) is 5.75 Å². The molecule has 0 spiro atoms. The Hall–Kier alpha value is -1.22. The molecule has 1 heterocycles. The Balaban J connectivity index is 2.62. The number of hydrogen-bond acceptors (Lipinski definition) is 5. The van der Waals surface area contributed by atoms with Crippen LogP contribution in [0.25, 0.3) is 0 Å². The molecule has 1 aromatic rings. The van der Waals surface area contributed by atoms with Gasteiger partial charge >= 0.3 is 6.36 Å². The summed E-state index contributed by atoms with van der Waals surface area (Å²) >= 11 is 0. The molecule has 0 saturated carbocycles. The Kier molecular flexibility index (Phi) is 2.62. The number of benzene rings is 1. The van der Waals surface area contributed by atoms with Gasteiger partial charge in [0.2, 0.25) is 14.0 Å². The molecule has 17 heavy (non-hydrogen) atoms. The summed E-state index contributed by atoms with van der Waals surface area (Å²) in [6, 6.07) is 3.11. The molecule has 0 aromatic heterocycles. The first-order valence-corrected chi connectivity index (χ1v) is 6.90. The Morgan fingerprint density at radius 1 is 1.24 bits per heavy atom. The number of ether oxygens (including phenoxy) is 1. The zero-order valence-corrected chi connectivity index (χ0v) is 9.45. The van der Waals surface area contributed by atoms with Gasteiger partial charge in [-0.2, -0.15) is 0 Å². The van der Waals surface area contributed by atoms with Crippen molar-refractivity contribution in [1.29, 1.82) is 0 Å². The van der Waals surface area contributed by atoms with Gasteiger partial charge in [0.25, 0.3) is 0 Å². The molecular formula is C8H3F3O4S2. The average molecular weight is 284 g/mol. The van der Waals surface area contributed by atoms with Crippen molar-refractivity contribution < 1.29 is 31.1 Å². The van der Waals surface area contributed by atoms with E-state index < -0.39 is 31.0 Å². The van der Waals surface area contributed by atoms with E-state index in [4.69, 9.17) is 0 Å². The minimum absolute atomic E-state index is 0.0224. The van der Waals surface area contributed by atoms with Gasteiger partial charge in [0, 0.05) is 0 Å². The van der Waals surface area contributed by atoms with Crippen molar-refractivity contribution in [2.45, 2.75) is 11.3 Å². The van der Waals surface area contributed by atoms with Crippen LogP contribution in [0.1, 0.15) is 10.4 Å². The zero-order valence-electron chi connectivity index (χ0n) is 7.82. The van der Waals surface area contributed by atoms with Crippen LogP contribution in [0.15, 0.2) is 23.1 Å². The van der Waals surface area contributed by atoms with Crippen LogP contribution < -0.4 is 4.74 Å². The van der Waals surface area contributed by atoms with Gasteiger partial charge in [-0.25, -0.2) is 8.42 Å². The minimum atomic E-state index is -5.01. The molecule has 0 fully saturated rings. The first-order valence-electron chi connectivity index (χ1n) is 4.08. The summed E-state index contributed by atoms with van der Waals surface area (Å²) in [6.45, 7) is 0. The summed E-state index contributed by atoms with van der Waals surface area (Å²) in [7, 11) is -4.14. The van der Waals surface area contributed by atoms with Crippen molar-refractivity contribution in [2.24, 2.45) is 0 Å². The maximum atomic E-state index is 12.1. The molecular weight excluding hydrogens is 281 g/mol. The van der Waals surface area contributed by atoms with Crippen LogP contribution in [0, 0.1) is 0 Å². The highest BCUT2D eigenvalue weighted by Crippen LogP contribution is 2.44. The fourth-order valence-corrected chi connectivity index (χ4v) is 4.35. The summed E-state index contributed by atoms with van der Waals surface area (Å²) in [4.78, 5) is 10.5. The molecule has 4 nitrogen and oxygen atoms in total. The van der Waals surface area contributed by atoms with Crippen LogP contribution in [-0.2, 0) is 8.87 Å². The fraction of sp³-hybridized carbons (Fsp3) is 0.125. The zero-order chi connectivity index (χ0) is 12.8. The van der Waals surface area contributed by atoms with Crippen molar-refractivity contribution in [3.05, 3.63) is 23.8 Å². The summed E-state index contributed by atoms with van der Waals surface area (Å²) in [5, 5.41) is -0.812. The third kappa shape index (κ3) is 2.25. The van der Waals surface area contributed by atoms with Gasteiger partial charge in [0.15, 0.2) is 0 Å². The highest BCUT2D eigenvalue weighted by molar-refractivity contribution is 8.78. The van der Waals surface area contributed by atoms with Gasteiger partial charge in [-0.3, -0.25) is 4.79 Å². The van der Waals surface area contributed by atoms with Gasteiger partial charge in [0.05, 0.1) is 16.4 Å². The Bertz CT molecular complexity index is 591. The molecule has 0 atom stereocenters. The van der Waals surface area contributed by atoms with Crippen LogP contribution in [-0.4, -0.2) is 19.9 Å². The Labute approximate surface area is 97.1 Å². The van der Waals surface area contributed by atoms with Crippen LogP contribution in [0.4, 0.5) is 13.2 Å². The average Bonchev–Trinajstić information content (AvgIpc) is 2.35. The molecule has 1 aliphatic heterocycles. The van der Waals surface area contributed by atoms with E-state index in [9.17, 15) is 26.4 Å². The summed E-state index contributed by atoms with van der Waals surface area (Å²) < 4.78 is 62.7. The largest absolute Gasteiger partial charge is 0.573 e. The molecule has 9 heteroatoms. The number of carbonyl (C=O) groups is 1. The van der Waals surface area contributed by atoms with Crippen LogP contribution >= 0.6 is 10.8 Å². The van der Waals surface area contributed by atoms with Crippen molar-refractivity contribution in [3.63, 3.8) is 0 Å². The second-order valence-electron chi connectivity index (χ2n) is 3.01. The van der Waals surface area contributed by atoms with Crippen molar-refractivity contribution in [2.75, 3.05) is 0 Å². The van der Waals surface area contributed by atoms with Crippen molar-refractivity contribution >= 4 is 24.8 Å². The first-order chi connectivity index (χ1) is 7.71. The molecule has 92 valence electrons. The molecule has 0 unspecified atom stereocenters. The lowest BCUT2D eigenvalue weighted by Gasteiger charge is -2.10. The van der Waals surface area contributed by atoms with Gasteiger partial charge < -0.3 is 4.74 Å². The highest BCUT2D eigenvalue weighted by atomic mass is 33.1. The number of fused-ring (bicyclic) bond motifs is 1. The first kappa shape index (κ1) is 12.2. The molecule has 0 saturated heterocycles. The predicted octanol–water partition coefficient (Wildman–Crippen LogP) is 2.16.